The monoisotopic (exact) mass is 201 g/mol. The summed E-state index contributed by atoms with van der Waals surface area (Å²) in [7, 11) is 0. The molecular weight excluding hydrogens is 194 g/mol. The topological polar surface area (TPSA) is 133 Å². The molecule has 2 saturated heterocycles. The van der Waals surface area contributed by atoms with Crippen molar-refractivity contribution in [2.45, 2.75) is 12.3 Å². The lowest BCUT2D eigenvalue weighted by molar-refractivity contribution is -0.485. The molecule has 0 spiro atoms. The van der Waals surface area contributed by atoms with Gasteiger partial charge in [-0.05, 0) is 0 Å². The smallest absolute Gasteiger partial charge is 0.317 e. The molecule has 2 fully saturated rings. The first-order chi connectivity index (χ1) is 6.65. The van der Waals surface area contributed by atoms with Crippen LogP contribution in [0.2, 0.25) is 0 Å². The fourth-order valence-electron chi connectivity index (χ4n) is 1.19. The first-order valence-corrected chi connectivity index (χ1v) is 3.73. The van der Waals surface area contributed by atoms with E-state index in [1.165, 1.54) is 0 Å². The number of hydrogen-bond acceptors (Lipinski definition) is 4. The van der Waals surface area contributed by atoms with Gasteiger partial charge >= 0.3 is 6.03 Å². The van der Waals surface area contributed by atoms with Gasteiger partial charge in [-0.15, -0.1) is 0 Å². The summed E-state index contributed by atoms with van der Waals surface area (Å²) >= 11 is 0. The first kappa shape index (κ1) is 8.50. The van der Waals surface area contributed by atoms with E-state index in [2.05, 4.69) is 31.9 Å². The molecule has 10 heteroatoms. The van der Waals surface area contributed by atoms with Crippen LogP contribution in [0, 0.1) is 10.1 Å². The molecule has 14 heavy (non-hydrogen) atoms. The molecule has 0 aliphatic carbocycles. The highest BCUT2D eigenvalue weighted by Gasteiger charge is 2.36. The summed E-state index contributed by atoms with van der Waals surface area (Å²) in [6.07, 6.45) is -0.823. The number of rotatable bonds is 1. The highest BCUT2D eigenvalue weighted by atomic mass is 16.7. The maximum Gasteiger partial charge on any atom is 0.317 e. The van der Waals surface area contributed by atoms with Crippen LogP contribution >= 0.6 is 0 Å². The highest BCUT2D eigenvalue weighted by Crippen LogP contribution is 1.97. The summed E-state index contributed by atoms with van der Waals surface area (Å²) in [6, 6.07) is -0.357. The fourth-order valence-corrected chi connectivity index (χ4v) is 1.19. The van der Waals surface area contributed by atoms with Crippen LogP contribution in [0.4, 0.5) is 4.79 Å². The Hall–Kier alpha value is -2.10. The number of hydrazine groups is 1. The van der Waals surface area contributed by atoms with E-state index < -0.39 is 11.2 Å². The maximum absolute atomic E-state index is 10.8. The number of nitro groups is 1. The summed E-state index contributed by atoms with van der Waals surface area (Å²) < 4.78 is 0. The number of amides is 2. The predicted molar refractivity (Wildman–Crippen MR) is 43.1 cm³/mol. The molecular formula is C4H7N7O3. The molecule has 0 aromatic heterocycles. The third-order valence-electron chi connectivity index (χ3n) is 1.73. The van der Waals surface area contributed by atoms with E-state index in [-0.39, 0.29) is 18.2 Å². The second-order valence-electron chi connectivity index (χ2n) is 2.67. The number of urea groups is 1. The first-order valence-electron chi connectivity index (χ1n) is 3.73. The molecule has 2 atom stereocenters. The molecule has 2 aliphatic heterocycles. The van der Waals surface area contributed by atoms with Gasteiger partial charge in [0.25, 0.3) is 5.96 Å². The van der Waals surface area contributed by atoms with Crippen LogP contribution in [0.25, 0.3) is 0 Å². The van der Waals surface area contributed by atoms with Crippen LogP contribution in [-0.4, -0.2) is 29.4 Å². The molecule has 5 N–H and O–H groups in total. The number of nitrogens with zero attached hydrogens (tertiary/aromatic N) is 2. The van der Waals surface area contributed by atoms with Gasteiger partial charge < -0.3 is 16.0 Å². The zero-order chi connectivity index (χ0) is 10.1. The third-order valence-corrected chi connectivity index (χ3v) is 1.73. The molecule has 0 unspecified atom stereocenters. The van der Waals surface area contributed by atoms with Crippen LogP contribution in [0.15, 0.2) is 5.10 Å². The molecule has 76 valence electrons. The van der Waals surface area contributed by atoms with Crippen molar-refractivity contribution in [2.24, 2.45) is 5.10 Å². The van der Waals surface area contributed by atoms with Crippen molar-refractivity contribution >= 4 is 12.0 Å². The van der Waals surface area contributed by atoms with Crippen molar-refractivity contribution in [1.29, 1.82) is 0 Å². The van der Waals surface area contributed by atoms with Gasteiger partial charge in [0.05, 0.1) is 0 Å². The van der Waals surface area contributed by atoms with Crippen molar-refractivity contribution in [3.05, 3.63) is 10.1 Å². The Balaban J connectivity index is 2.04. The standard InChI is InChI=1S/C4H7N7O3/c12-4-6-1-2(7-4)8-9-3(5-1)10-11(13)14/h1-2,8H,(H2,5,9,10)(H2,6,7,12)/t1-,2+/m0/s1. The highest BCUT2D eigenvalue weighted by molar-refractivity contribution is 5.83. The quantitative estimate of drug-likeness (QED) is 0.230. The van der Waals surface area contributed by atoms with E-state index in [0.717, 1.165) is 0 Å². The van der Waals surface area contributed by atoms with Crippen LogP contribution < -0.4 is 26.8 Å². The molecule has 0 aromatic rings. The number of carbonyl (C=O) groups excluding carboxylic acids is 1. The van der Waals surface area contributed by atoms with Gasteiger partial charge in [0.15, 0.2) is 5.03 Å². The molecule has 2 amide bonds. The molecule has 0 radical (unpaired) electrons. The van der Waals surface area contributed by atoms with E-state index in [9.17, 15) is 14.9 Å². The molecule has 10 nitrogen and oxygen atoms in total. The Kier molecular flexibility index (Phi) is 1.81. The molecule has 2 rings (SSSR count). The zero-order valence-corrected chi connectivity index (χ0v) is 6.77. The van der Waals surface area contributed by atoms with Crippen molar-refractivity contribution in [2.75, 3.05) is 0 Å². The Morgan fingerprint density at radius 2 is 2.00 bits per heavy atom. The molecule has 0 aromatic carbocycles. The molecule has 2 heterocycles. The van der Waals surface area contributed by atoms with Crippen molar-refractivity contribution in [3.63, 3.8) is 0 Å². The Bertz CT molecular complexity index is 314. The van der Waals surface area contributed by atoms with Gasteiger partial charge in [0, 0.05) is 0 Å². The number of nitrogens with one attached hydrogen (secondary N) is 5. The largest absolute Gasteiger partial charge is 0.327 e. The zero-order valence-electron chi connectivity index (χ0n) is 6.77. The van der Waals surface area contributed by atoms with Crippen LogP contribution in [0.1, 0.15) is 0 Å². The maximum atomic E-state index is 10.8. The number of fused-ring (bicyclic) bond motifs is 1. The third kappa shape index (κ3) is 1.50. The molecule has 2 aliphatic rings. The SMILES string of the molecule is O=C1N[C@@H]2N/C(=N/[N+](=O)[O-])NN[C@H]2N1. The molecule has 0 bridgehead atoms. The average molecular weight is 201 g/mol. The van der Waals surface area contributed by atoms with Crippen molar-refractivity contribution in [1.82, 2.24) is 26.8 Å². The van der Waals surface area contributed by atoms with E-state index in [0.29, 0.717) is 0 Å². The van der Waals surface area contributed by atoms with E-state index in [1.54, 1.807) is 0 Å². The summed E-state index contributed by atoms with van der Waals surface area (Å²) in [6.45, 7) is 0. The van der Waals surface area contributed by atoms with E-state index in [1.807, 2.05) is 0 Å². The van der Waals surface area contributed by atoms with Crippen molar-refractivity contribution < 1.29 is 9.83 Å². The number of hydrogen-bond donors (Lipinski definition) is 5. The summed E-state index contributed by atoms with van der Waals surface area (Å²) in [5.74, 6) is -0.0553. The van der Waals surface area contributed by atoms with Gasteiger partial charge in [-0.2, -0.15) is 0 Å². The Morgan fingerprint density at radius 3 is 2.71 bits per heavy atom. The van der Waals surface area contributed by atoms with Crippen LogP contribution in [0.5, 0.6) is 0 Å². The number of guanidine groups is 1. The fraction of sp³-hybridized carbons (Fsp3) is 0.500. The van der Waals surface area contributed by atoms with Gasteiger partial charge in [-0.1, -0.05) is 0 Å². The molecule has 0 saturated carbocycles. The van der Waals surface area contributed by atoms with Gasteiger partial charge in [0.2, 0.25) is 0 Å². The van der Waals surface area contributed by atoms with Crippen molar-refractivity contribution in [3.8, 4) is 0 Å². The Morgan fingerprint density at radius 1 is 1.29 bits per heavy atom. The van der Waals surface area contributed by atoms with E-state index in [4.69, 9.17) is 0 Å². The summed E-state index contributed by atoms with van der Waals surface area (Å²) in [5.41, 5.74) is 5.06. The second-order valence-corrected chi connectivity index (χ2v) is 2.67. The lowest BCUT2D eigenvalue weighted by Gasteiger charge is -2.27. The predicted octanol–water partition coefficient (Wildman–Crippen LogP) is -2.80. The van der Waals surface area contributed by atoms with Gasteiger partial charge in [-0.3, -0.25) is 5.43 Å². The minimum Gasteiger partial charge on any atom is -0.327 e. The summed E-state index contributed by atoms with van der Waals surface area (Å²) in [5, 5.41) is 19.8. The normalized spacial score (nSPS) is 32.3. The Labute approximate surface area is 77.2 Å². The average Bonchev–Trinajstić information content (AvgIpc) is 2.42. The minimum absolute atomic E-state index is 0.0553. The number of carbonyl (C=O) groups is 1. The van der Waals surface area contributed by atoms with E-state index >= 15 is 0 Å². The van der Waals surface area contributed by atoms with Gasteiger partial charge in [0.1, 0.15) is 17.4 Å². The van der Waals surface area contributed by atoms with Crippen LogP contribution in [-0.2, 0) is 0 Å². The lowest BCUT2D eigenvalue weighted by Crippen LogP contribution is -2.68. The van der Waals surface area contributed by atoms with Crippen LogP contribution in [0.3, 0.4) is 0 Å². The second kappa shape index (κ2) is 2.99. The summed E-state index contributed by atoms with van der Waals surface area (Å²) in [4.78, 5) is 20.9. The van der Waals surface area contributed by atoms with Gasteiger partial charge in [-0.25, -0.2) is 20.3 Å². The minimum atomic E-state index is -0.846. The lowest BCUT2D eigenvalue weighted by atomic mass is 10.4. The number of hydrazone groups is 1.